The number of methoxy groups -OCH3 is 1. The molecule has 1 amide bonds. The number of carbonyl (C=O) groups is 1. The van der Waals surface area contributed by atoms with Crippen molar-refractivity contribution in [1.82, 2.24) is 9.97 Å². The summed E-state index contributed by atoms with van der Waals surface area (Å²) < 4.78 is 5.43. The van der Waals surface area contributed by atoms with E-state index in [4.69, 9.17) is 16.3 Å². The largest absolute Gasteiger partial charge is 0.496 e. The molecular formula is C21H18ClN3O3S. The molecule has 0 saturated heterocycles. The summed E-state index contributed by atoms with van der Waals surface area (Å²) in [5, 5.41) is 3.82. The summed E-state index contributed by atoms with van der Waals surface area (Å²) in [5.74, 6) is 0.866. The third-order valence-electron chi connectivity index (χ3n) is 4.77. The van der Waals surface area contributed by atoms with Crippen LogP contribution in [0.5, 0.6) is 5.75 Å². The van der Waals surface area contributed by atoms with Gasteiger partial charge in [0.25, 0.3) is 5.56 Å². The maximum Gasteiger partial charge on any atom is 0.257 e. The van der Waals surface area contributed by atoms with Crippen LogP contribution in [0.25, 0.3) is 0 Å². The number of nitrogens with one attached hydrogen (secondary N) is 2. The van der Waals surface area contributed by atoms with Crippen LogP contribution >= 0.6 is 23.4 Å². The first kappa shape index (κ1) is 19.5. The second-order valence-corrected chi connectivity index (χ2v) is 7.93. The van der Waals surface area contributed by atoms with Crippen molar-refractivity contribution < 1.29 is 9.53 Å². The Hall–Kier alpha value is -2.77. The van der Waals surface area contributed by atoms with Gasteiger partial charge in [0, 0.05) is 28.7 Å². The van der Waals surface area contributed by atoms with Crippen LogP contribution in [0.15, 0.2) is 58.5 Å². The molecule has 1 aliphatic heterocycles. The van der Waals surface area contributed by atoms with E-state index in [1.165, 1.54) is 11.8 Å². The van der Waals surface area contributed by atoms with Crippen LogP contribution < -0.4 is 15.6 Å². The fourth-order valence-corrected chi connectivity index (χ4v) is 4.55. The van der Waals surface area contributed by atoms with Crippen LogP contribution in [0.3, 0.4) is 0 Å². The van der Waals surface area contributed by atoms with Gasteiger partial charge in [-0.15, -0.1) is 0 Å². The number of amides is 1. The summed E-state index contributed by atoms with van der Waals surface area (Å²) in [5.41, 5.74) is 1.90. The minimum atomic E-state index is -0.422. The van der Waals surface area contributed by atoms with Gasteiger partial charge in [0.05, 0.1) is 12.7 Å². The first-order chi connectivity index (χ1) is 14.1. The number of hydrogen-bond donors (Lipinski definition) is 2. The van der Waals surface area contributed by atoms with Gasteiger partial charge in [-0.25, -0.2) is 4.98 Å². The number of ether oxygens (including phenoxy) is 1. The highest BCUT2D eigenvalue weighted by atomic mass is 35.5. The zero-order chi connectivity index (χ0) is 20.4. The molecule has 2 aromatic carbocycles. The maximum absolute atomic E-state index is 12.9. The van der Waals surface area contributed by atoms with Gasteiger partial charge in [-0.2, -0.15) is 0 Å². The average molecular weight is 428 g/mol. The van der Waals surface area contributed by atoms with E-state index in [9.17, 15) is 9.59 Å². The molecule has 0 radical (unpaired) electrons. The number of H-pyrrole nitrogens is 1. The number of thioether (sulfide) groups is 1. The van der Waals surface area contributed by atoms with Crippen molar-refractivity contribution >= 4 is 35.1 Å². The van der Waals surface area contributed by atoms with Gasteiger partial charge in [0.15, 0.2) is 5.16 Å². The van der Waals surface area contributed by atoms with Crippen molar-refractivity contribution in [1.29, 1.82) is 0 Å². The normalized spacial score (nSPS) is 15.5. The summed E-state index contributed by atoms with van der Waals surface area (Å²) in [6.07, 6.45) is 0.157. The molecule has 0 bridgehead atoms. The third kappa shape index (κ3) is 4.02. The number of aromatic amines is 1. The predicted octanol–water partition coefficient (Wildman–Crippen LogP) is 4.20. The summed E-state index contributed by atoms with van der Waals surface area (Å²) >= 11 is 7.55. The van der Waals surface area contributed by atoms with Gasteiger partial charge in [-0.05, 0) is 17.7 Å². The number of rotatable bonds is 5. The molecule has 0 spiro atoms. The Kier molecular flexibility index (Phi) is 5.60. The monoisotopic (exact) mass is 427 g/mol. The fourth-order valence-electron chi connectivity index (χ4n) is 3.40. The highest BCUT2D eigenvalue weighted by molar-refractivity contribution is 7.98. The second-order valence-electron chi connectivity index (χ2n) is 6.56. The number of carbonyl (C=O) groups excluding carboxylic acids is 1. The first-order valence-corrected chi connectivity index (χ1v) is 10.4. The topological polar surface area (TPSA) is 84.1 Å². The average Bonchev–Trinajstić information content (AvgIpc) is 2.72. The van der Waals surface area contributed by atoms with Gasteiger partial charge in [0.2, 0.25) is 5.91 Å². The maximum atomic E-state index is 12.9. The number of fused-ring (bicyclic) bond motifs is 1. The van der Waals surface area contributed by atoms with Gasteiger partial charge in [-0.1, -0.05) is 59.8 Å². The van der Waals surface area contributed by atoms with Crippen molar-refractivity contribution in [3.63, 3.8) is 0 Å². The van der Waals surface area contributed by atoms with Crippen molar-refractivity contribution in [2.24, 2.45) is 0 Å². The molecule has 1 aromatic heterocycles. The van der Waals surface area contributed by atoms with Crippen LogP contribution in [-0.4, -0.2) is 23.0 Å². The zero-order valence-electron chi connectivity index (χ0n) is 15.6. The lowest BCUT2D eigenvalue weighted by atomic mass is 9.86. The first-order valence-electron chi connectivity index (χ1n) is 9.00. The molecule has 0 saturated carbocycles. The summed E-state index contributed by atoms with van der Waals surface area (Å²) in [4.78, 5) is 32.6. The standard InChI is InChI=1S/C21H18ClN3O3S/c1-28-16-9-5-3-7-13(16)14-10-17(26)23-19-18(14)20(27)25-21(24-19)29-11-12-6-2-4-8-15(12)22/h2-9,14H,10-11H2,1H3,(H2,23,24,25,26,27). The van der Waals surface area contributed by atoms with Crippen LogP contribution in [0.1, 0.15) is 29.0 Å². The minimum absolute atomic E-state index is 0.157. The number of halogens is 1. The van der Waals surface area contributed by atoms with Crippen molar-refractivity contribution in [3.8, 4) is 5.75 Å². The van der Waals surface area contributed by atoms with Crippen LogP contribution in [0.2, 0.25) is 5.02 Å². The Morgan fingerprint density at radius 2 is 1.93 bits per heavy atom. The lowest BCUT2D eigenvalue weighted by Crippen LogP contribution is -2.31. The summed E-state index contributed by atoms with van der Waals surface area (Å²) in [6, 6.07) is 14.9. The van der Waals surface area contributed by atoms with Crippen LogP contribution in [0.4, 0.5) is 5.82 Å². The number of para-hydroxylation sites is 1. The van der Waals surface area contributed by atoms with Crippen molar-refractivity contribution in [2.75, 3.05) is 12.4 Å². The van der Waals surface area contributed by atoms with Gasteiger partial charge in [0.1, 0.15) is 11.6 Å². The highest BCUT2D eigenvalue weighted by Crippen LogP contribution is 2.38. The fraction of sp³-hybridized carbons (Fsp3) is 0.190. The lowest BCUT2D eigenvalue weighted by Gasteiger charge is -2.25. The molecule has 2 heterocycles. The van der Waals surface area contributed by atoms with Crippen LogP contribution in [0, 0.1) is 0 Å². The zero-order valence-corrected chi connectivity index (χ0v) is 17.1. The Morgan fingerprint density at radius 1 is 1.17 bits per heavy atom. The van der Waals surface area contributed by atoms with Crippen molar-refractivity contribution in [2.45, 2.75) is 23.2 Å². The molecule has 3 aromatic rings. The molecule has 1 unspecified atom stereocenters. The smallest absolute Gasteiger partial charge is 0.257 e. The molecule has 148 valence electrons. The number of benzene rings is 2. The summed E-state index contributed by atoms with van der Waals surface area (Å²) in [7, 11) is 1.57. The van der Waals surface area contributed by atoms with Crippen LogP contribution in [-0.2, 0) is 10.5 Å². The predicted molar refractivity (Wildman–Crippen MR) is 114 cm³/mol. The number of anilines is 1. The molecular weight excluding hydrogens is 410 g/mol. The van der Waals surface area contributed by atoms with E-state index in [2.05, 4.69) is 15.3 Å². The Bertz CT molecular complexity index is 1130. The number of aromatic nitrogens is 2. The SMILES string of the molecule is COc1ccccc1C1CC(=O)Nc2nc(SCc3ccccc3Cl)[nH]c(=O)c21. The third-order valence-corrected chi connectivity index (χ3v) is 6.06. The van der Waals surface area contributed by atoms with E-state index in [0.717, 1.165) is 11.1 Å². The molecule has 6 nitrogen and oxygen atoms in total. The van der Waals surface area contributed by atoms with E-state index in [0.29, 0.717) is 33.1 Å². The Labute approximate surface area is 176 Å². The van der Waals surface area contributed by atoms with E-state index in [-0.39, 0.29) is 17.9 Å². The minimum Gasteiger partial charge on any atom is -0.496 e. The van der Waals surface area contributed by atoms with Crippen molar-refractivity contribution in [3.05, 3.63) is 80.6 Å². The second kappa shape index (κ2) is 8.31. The van der Waals surface area contributed by atoms with Gasteiger partial charge < -0.3 is 15.0 Å². The molecule has 4 rings (SSSR count). The molecule has 2 N–H and O–H groups in total. The molecule has 1 aliphatic rings. The van der Waals surface area contributed by atoms with E-state index in [1.807, 2.05) is 48.5 Å². The molecule has 1 atom stereocenters. The highest BCUT2D eigenvalue weighted by Gasteiger charge is 2.32. The van der Waals surface area contributed by atoms with Gasteiger partial charge >= 0.3 is 0 Å². The Morgan fingerprint density at radius 3 is 2.72 bits per heavy atom. The quantitative estimate of drug-likeness (QED) is 0.471. The summed E-state index contributed by atoms with van der Waals surface area (Å²) in [6.45, 7) is 0. The van der Waals surface area contributed by atoms with E-state index < -0.39 is 5.92 Å². The Balaban J connectivity index is 1.69. The molecule has 0 aliphatic carbocycles. The number of nitrogens with zero attached hydrogens (tertiary/aromatic N) is 1. The number of hydrogen-bond acceptors (Lipinski definition) is 5. The van der Waals surface area contributed by atoms with E-state index >= 15 is 0 Å². The molecule has 8 heteroatoms. The lowest BCUT2D eigenvalue weighted by molar-refractivity contribution is -0.116. The van der Waals surface area contributed by atoms with E-state index in [1.54, 1.807) is 7.11 Å². The molecule has 29 heavy (non-hydrogen) atoms. The van der Waals surface area contributed by atoms with Gasteiger partial charge in [-0.3, -0.25) is 9.59 Å². The molecule has 0 fully saturated rings.